The molecule has 0 saturated heterocycles. The minimum atomic E-state index is -0.633. The second-order valence-corrected chi connectivity index (χ2v) is 5.97. The Labute approximate surface area is 119 Å². The molecule has 20 heavy (non-hydrogen) atoms. The van der Waals surface area contributed by atoms with Gasteiger partial charge in [-0.05, 0) is 52.3 Å². The van der Waals surface area contributed by atoms with Gasteiger partial charge in [0.15, 0.2) is 0 Å². The smallest absolute Gasteiger partial charge is 0.412 e. The summed E-state index contributed by atoms with van der Waals surface area (Å²) in [5.41, 5.74) is 0.307. The topological polar surface area (TPSA) is 67.8 Å². The summed E-state index contributed by atoms with van der Waals surface area (Å²) in [5, 5.41) is 2.64. The van der Waals surface area contributed by atoms with Gasteiger partial charge in [0.1, 0.15) is 5.60 Å². The molecule has 0 heterocycles. The fraction of sp³-hybridized carbons (Fsp3) is 0.467. The zero-order chi connectivity index (χ0) is 15.4. The van der Waals surface area contributed by atoms with Gasteiger partial charge in [0, 0.05) is 5.69 Å². The first kappa shape index (κ1) is 15.9. The molecule has 0 aliphatic carbocycles. The predicted molar refractivity (Wildman–Crippen MR) is 77.4 cm³/mol. The van der Waals surface area contributed by atoms with Crippen molar-refractivity contribution >= 4 is 17.9 Å². The fourth-order valence-corrected chi connectivity index (χ4v) is 1.56. The Hall–Kier alpha value is -2.13. The minimum Gasteiger partial charge on any atom is -0.444 e. The summed E-state index contributed by atoms with van der Waals surface area (Å²) in [7, 11) is 0. The molecule has 0 radical (unpaired) electrons. The zero-order valence-electron chi connectivity index (χ0n) is 12.5. The van der Waals surface area contributed by atoms with E-state index in [9.17, 15) is 9.59 Å². The standard InChI is InChI=1S/C15H20N2O3/c1-14(2,3)20-13(19)17-12-8-6-11(7-9-12)15(4,5)16-10-18/h6-9H,1-5H3,(H,17,19). The second kappa shape index (κ2) is 5.88. The number of nitrogens with zero attached hydrogens (tertiary/aromatic N) is 1. The molecule has 5 nitrogen and oxygen atoms in total. The molecule has 0 aliphatic heterocycles. The summed E-state index contributed by atoms with van der Waals surface area (Å²) in [6.45, 7) is 9.03. The van der Waals surface area contributed by atoms with Crippen molar-refractivity contribution in [1.29, 1.82) is 0 Å². The first-order valence-electron chi connectivity index (χ1n) is 6.34. The number of isocyanates is 1. The summed E-state index contributed by atoms with van der Waals surface area (Å²) in [5.74, 6) is 0. The van der Waals surface area contributed by atoms with Gasteiger partial charge in [0.05, 0.1) is 5.54 Å². The Morgan fingerprint density at radius 2 is 1.70 bits per heavy atom. The lowest BCUT2D eigenvalue weighted by Gasteiger charge is -2.20. The highest BCUT2D eigenvalue weighted by molar-refractivity contribution is 5.84. The number of carbonyl (C=O) groups is 1. The summed E-state index contributed by atoms with van der Waals surface area (Å²) < 4.78 is 5.16. The number of rotatable bonds is 3. The van der Waals surface area contributed by atoms with Crippen LogP contribution in [-0.4, -0.2) is 17.8 Å². The minimum absolute atomic E-state index is 0.504. The van der Waals surface area contributed by atoms with E-state index < -0.39 is 17.2 Å². The van der Waals surface area contributed by atoms with Crippen LogP contribution in [0.15, 0.2) is 29.3 Å². The fourth-order valence-electron chi connectivity index (χ4n) is 1.56. The van der Waals surface area contributed by atoms with Crippen LogP contribution in [0.4, 0.5) is 10.5 Å². The highest BCUT2D eigenvalue weighted by Crippen LogP contribution is 2.25. The molecule has 0 aromatic heterocycles. The molecule has 5 heteroatoms. The van der Waals surface area contributed by atoms with E-state index in [1.807, 2.05) is 13.8 Å². The summed E-state index contributed by atoms with van der Waals surface area (Å²) in [6.07, 6.45) is 1.06. The van der Waals surface area contributed by atoms with Crippen molar-refractivity contribution in [1.82, 2.24) is 0 Å². The van der Waals surface area contributed by atoms with Crippen LogP contribution in [0.1, 0.15) is 40.2 Å². The van der Waals surface area contributed by atoms with Crippen LogP contribution in [-0.2, 0) is 15.1 Å². The highest BCUT2D eigenvalue weighted by Gasteiger charge is 2.20. The van der Waals surface area contributed by atoms with Crippen molar-refractivity contribution in [2.75, 3.05) is 5.32 Å². The number of carbonyl (C=O) groups excluding carboxylic acids is 2. The van der Waals surface area contributed by atoms with Gasteiger partial charge >= 0.3 is 6.09 Å². The van der Waals surface area contributed by atoms with Crippen LogP contribution in [0.2, 0.25) is 0 Å². The maximum Gasteiger partial charge on any atom is 0.412 e. The SMILES string of the molecule is CC(C)(C)OC(=O)Nc1ccc(C(C)(C)N=C=O)cc1. The van der Waals surface area contributed by atoms with Crippen molar-refractivity contribution in [3.8, 4) is 0 Å². The molecule has 1 aromatic rings. The van der Waals surface area contributed by atoms with Gasteiger partial charge in [-0.3, -0.25) is 5.32 Å². The number of amides is 1. The van der Waals surface area contributed by atoms with Gasteiger partial charge in [0.25, 0.3) is 0 Å². The molecule has 1 amide bonds. The second-order valence-electron chi connectivity index (χ2n) is 5.97. The number of hydrogen-bond donors (Lipinski definition) is 1. The maximum atomic E-state index is 11.6. The average Bonchev–Trinajstić information content (AvgIpc) is 2.26. The Morgan fingerprint density at radius 3 is 2.15 bits per heavy atom. The van der Waals surface area contributed by atoms with Crippen molar-refractivity contribution in [3.05, 3.63) is 29.8 Å². The quantitative estimate of drug-likeness (QED) is 0.677. The van der Waals surface area contributed by atoms with E-state index in [2.05, 4.69) is 10.3 Å². The van der Waals surface area contributed by atoms with E-state index in [1.54, 1.807) is 51.1 Å². The molecule has 0 aliphatic rings. The summed E-state index contributed by atoms with van der Waals surface area (Å²) >= 11 is 0. The normalized spacial score (nSPS) is 11.4. The molecule has 0 bridgehead atoms. The van der Waals surface area contributed by atoms with Crippen molar-refractivity contribution in [2.24, 2.45) is 4.99 Å². The lowest BCUT2D eigenvalue weighted by molar-refractivity contribution is 0.0636. The van der Waals surface area contributed by atoms with E-state index in [-0.39, 0.29) is 0 Å². The molecular weight excluding hydrogens is 256 g/mol. The third-order valence-corrected chi connectivity index (χ3v) is 2.56. The lowest BCUT2D eigenvalue weighted by Crippen LogP contribution is -2.27. The largest absolute Gasteiger partial charge is 0.444 e. The van der Waals surface area contributed by atoms with Gasteiger partial charge in [-0.15, -0.1) is 0 Å². The average molecular weight is 276 g/mol. The van der Waals surface area contributed by atoms with Gasteiger partial charge < -0.3 is 4.74 Å². The van der Waals surface area contributed by atoms with Gasteiger partial charge in [-0.2, -0.15) is 4.99 Å². The van der Waals surface area contributed by atoms with Gasteiger partial charge in [-0.25, -0.2) is 9.59 Å². The van der Waals surface area contributed by atoms with Crippen LogP contribution in [0.25, 0.3) is 0 Å². The molecule has 0 saturated carbocycles. The molecular formula is C15H20N2O3. The third-order valence-electron chi connectivity index (χ3n) is 2.56. The number of nitrogens with one attached hydrogen (secondary N) is 1. The van der Waals surface area contributed by atoms with Crippen molar-refractivity contribution in [3.63, 3.8) is 0 Å². The zero-order valence-corrected chi connectivity index (χ0v) is 12.5. The first-order chi connectivity index (χ1) is 9.14. The molecule has 1 aromatic carbocycles. The van der Waals surface area contributed by atoms with Gasteiger partial charge in [-0.1, -0.05) is 12.1 Å². The first-order valence-corrected chi connectivity index (χ1v) is 6.34. The molecule has 0 unspecified atom stereocenters. The van der Waals surface area contributed by atoms with E-state index in [1.165, 1.54) is 0 Å². The van der Waals surface area contributed by atoms with E-state index in [0.717, 1.165) is 5.56 Å². The molecule has 0 fully saturated rings. The monoisotopic (exact) mass is 276 g/mol. The Balaban J connectivity index is 2.77. The number of aliphatic imine (C=N–C) groups is 1. The highest BCUT2D eigenvalue weighted by atomic mass is 16.6. The van der Waals surface area contributed by atoms with Crippen molar-refractivity contribution < 1.29 is 14.3 Å². The van der Waals surface area contributed by atoms with E-state index >= 15 is 0 Å². The summed E-state index contributed by atoms with van der Waals surface area (Å²) in [6, 6.07) is 7.07. The predicted octanol–water partition coefficient (Wildman–Crippen LogP) is 3.60. The van der Waals surface area contributed by atoms with Gasteiger partial charge in [0.2, 0.25) is 6.08 Å². The summed E-state index contributed by atoms with van der Waals surface area (Å²) in [4.78, 5) is 25.7. The van der Waals surface area contributed by atoms with Crippen molar-refractivity contribution in [2.45, 2.75) is 45.8 Å². The number of ether oxygens (including phenoxy) is 1. The van der Waals surface area contributed by atoms with E-state index in [0.29, 0.717) is 5.69 Å². The molecule has 1 rings (SSSR count). The Morgan fingerprint density at radius 1 is 1.15 bits per heavy atom. The number of benzene rings is 1. The Bertz CT molecular complexity index is 521. The number of hydrogen-bond acceptors (Lipinski definition) is 4. The van der Waals surface area contributed by atoms with Crippen LogP contribution in [0, 0.1) is 0 Å². The molecule has 0 spiro atoms. The van der Waals surface area contributed by atoms with Crippen LogP contribution in [0.3, 0.4) is 0 Å². The molecule has 0 atom stereocenters. The maximum absolute atomic E-state index is 11.6. The van der Waals surface area contributed by atoms with Crippen LogP contribution < -0.4 is 5.32 Å². The number of anilines is 1. The van der Waals surface area contributed by atoms with Crippen LogP contribution in [0.5, 0.6) is 0 Å². The third kappa shape index (κ3) is 4.86. The van der Waals surface area contributed by atoms with E-state index in [4.69, 9.17) is 4.74 Å². The Kier molecular flexibility index (Phi) is 4.69. The lowest BCUT2D eigenvalue weighted by atomic mass is 9.95. The molecule has 1 N–H and O–H groups in total. The molecule has 108 valence electrons. The van der Waals surface area contributed by atoms with Crippen LogP contribution >= 0.6 is 0 Å².